The van der Waals surface area contributed by atoms with Crippen LogP contribution in [0.4, 0.5) is 15.8 Å². The quantitative estimate of drug-likeness (QED) is 0.572. The van der Waals surface area contributed by atoms with E-state index in [4.69, 9.17) is 10.5 Å². The second-order valence-corrected chi connectivity index (χ2v) is 6.18. The van der Waals surface area contributed by atoms with Gasteiger partial charge in [-0.3, -0.25) is 14.4 Å². The number of aromatic amines is 1. The summed E-state index contributed by atoms with van der Waals surface area (Å²) in [6, 6.07) is 10.5. The Balaban J connectivity index is 1.75. The number of primary amides is 1. The minimum absolute atomic E-state index is 0.0353. The molecule has 30 heavy (non-hydrogen) atoms. The van der Waals surface area contributed by atoms with Crippen LogP contribution in [0.15, 0.2) is 48.8 Å². The molecule has 0 fully saturated rings. The van der Waals surface area contributed by atoms with Gasteiger partial charge in [0.15, 0.2) is 17.3 Å². The molecule has 0 saturated carbocycles. The number of amides is 3. The van der Waals surface area contributed by atoms with Gasteiger partial charge in [-0.1, -0.05) is 6.07 Å². The first-order valence-electron chi connectivity index (χ1n) is 8.68. The summed E-state index contributed by atoms with van der Waals surface area (Å²) in [7, 11) is 2.81. The van der Waals surface area contributed by atoms with Gasteiger partial charge in [-0.15, -0.1) is 0 Å². The molecule has 10 heteroatoms. The molecular formula is C20H18FN5O4. The van der Waals surface area contributed by atoms with E-state index >= 15 is 0 Å². The van der Waals surface area contributed by atoms with Crippen molar-refractivity contribution in [1.29, 1.82) is 0 Å². The van der Waals surface area contributed by atoms with E-state index in [0.717, 1.165) is 0 Å². The Morgan fingerprint density at radius 3 is 2.50 bits per heavy atom. The molecule has 0 aliphatic heterocycles. The first-order chi connectivity index (χ1) is 14.3. The summed E-state index contributed by atoms with van der Waals surface area (Å²) in [4.78, 5) is 44.0. The largest absolute Gasteiger partial charge is 0.494 e. The maximum atomic E-state index is 14.2. The molecule has 154 valence electrons. The molecule has 3 rings (SSSR count). The summed E-state index contributed by atoms with van der Waals surface area (Å²) in [5, 5.41) is 2.58. The van der Waals surface area contributed by atoms with Crippen molar-refractivity contribution in [2.24, 2.45) is 5.73 Å². The van der Waals surface area contributed by atoms with Crippen LogP contribution in [0.3, 0.4) is 0 Å². The molecular weight excluding hydrogens is 393 g/mol. The average molecular weight is 411 g/mol. The van der Waals surface area contributed by atoms with Crippen LogP contribution >= 0.6 is 0 Å². The van der Waals surface area contributed by atoms with Crippen molar-refractivity contribution in [2.45, 2.75) is 0 Å². The van der Waals surface area contributed by atoms with Gasteiger partial charge in [0, 0.05) is 18.4 Å². The van der Waals surface area contributed by atoms with E-state index in [9.17, 15) is 18.8 Å². The van der Waals surface area contributed by atoms with E-state index in [1.165, 1.54) is 43.6 Å². The van der Waals surface area contributed by atoms with Crippen LogP contribution in [0.25, 0.3) is 0 Å². The number of carbonyl (C=O) groups excluding carboxylic acids is 3. The Hall–Kier alpha value is -4.21. The smallest absolute Gasteiger partial charge is 0.279 e. The molecule has 0 bridgehead atoms. The maximum absolute atomic E-state index is 14.2. The van der Waals surface area contributed by atoms with Crippen LogP contribution in [0.1, 0.15) is 31.3 Å². The van der Waals surface area contributed by atoms with Gasteiger partial charge in [-0.25, -0.2) is 9.37 Å². The number of H-pyrrole nitrogens is 1. The lowest BCUT2D eigenvalue weighted by molar-refractivity contribution is 0.0958. The molecule has 2 aromatic carbocycles. The van der Waals surface area contributed by atoms with Crippen molar-refractivity contribution < 1.29 is 23.5 Å². The number of nitrogens with two attached hydrogens (primary N) is 1. The van der Waals surface area contributed by atoms with Crippen LogP contribution in [0, 0.1) is 5.82 Å². The third-order valence-electron chi connectivity index (χ3n) is 4.33. The first kappa shape index (κ1) is 20.5. The number of aromatic nitrogens is 2. The molecule has 0 aliphatic rings. The Morgan fingerprint density at radius 1 is 1.17 bits per heavy atom. The van der Waals surface area contributed by atoms with E-state index in [1.807, 2.05) is 0 Å². The summed E-state index contributed by atoms with van der Waals surface area (Å²) < 4.78 is 19.1. The summed E-state index contributed by atoms with van der Waals surface area (Å²) in [5.41, 5.74) is 5.74. The van der Waals surface area contributed by atoms with Gasteiger partial charge >= 0.3 is 0 Å². The Kier molecular flexibility index (Phi) is 5.77. The second kappa shape index (κ2) is 8.43. The van der Waals surface area contributed by atoms with Crippen molar-refractivity contribution in [2.75, 3.05) is 24.4 Å². The lowest BCUT2D eigenvalue weighted by Gasteiger charge is -2.17. The number of imidazole rings is 1. The molecule has 9 nitrogen and oxygen atoms in total. The Labute approximate surface area is 170 Å². The molecule has 0 atom stereocenters. The highest BCUT2D eigenvalue weighted by molar-refractivity contribution is 6.11. The van der Waals surface area contributed by atoms with E-state index in [1.54, 1.807) is 24.3 Å². The molecule has 3 amide bonds. The number of carbonyl (C=O) groups is 3. The lowest BCUT2D eigenvalue weighted by Crippen LogP contribution is -2.29. The van der Waals surface area contributed by atoms with Crippen LogP contribution < -0.4 is 20.7 Å². The zero-order valence-electron chi connectivity index (χ0n) is 16.1. The highest BCUT2D eigenvalue weighted by Crippen LogP contribution is 2.23. The van der Waals surface area contributed by atoms with Crippen LogP contribution in [-0.2, 0) is 0 Å². The van der Waals surface area contributed by atoms with Crippen molar-refractivity contribution in [1.82, 2.24) is 9.97 Å². The van der Waals surface area contributed by atoms with E-state index < -0.39 is 23.5 Å². The average Bonchev–Trinajstić information content (AvgIpc) is 3.23. The third-order valence-corrected chi connectivity index (χ3v) is 4.33. The number of hydrogen-bond donors (Lipinski definition) is 3. The van der Waals surface area contributed by atoms with Gasteiger partial charge in [0.05, 0.1) is 19.0 Å². The standard InChI is InChI=1S/C20H18FN5O4/c1-26(20(29)17-16(18(22)27)23-10-24-17)12-8-6-11(7-9-12)25-19(28)13-4-3-5-14(30-2)15(13)21/h3-10H,1-2H3,(H2,22,27)(H,23,24)(H,25,28). The zero-order valence-corrected chi connectivity index (χ0v) is 16.1. The molecule has 3 aromatic rings. The predicted octanol–water partition coefficient (Wildman–Crippen LogP) is 2.19. The molecule has 1 aromatic heterocycles. The van der Waals surface area contributed by atoms with Gasteiger partial charge in [0.1, 0.15) is 5.69 Å². The number of nitrogens with zero attached hydrogens (tertiary/aromatic N) is 2. The van der Waals surface area contributed by atoms with Crippen molar-refractivity contribution >= 4 is 29.1 Å². The monoisotopic (exact) mass is 411 g/mol. The number of ether oxygens (including phenoxy) is 1. The minimum atomic E-state index is -0.799. The van der Waals surface area contributed by atoms with Crippen LogP contribution in [-0.4, -0.2) is 41.8 Å². The summed E-state index contributed by atoms with van der Waals surface area (Å²) in [5.74, 6) is -2.78. The van der Waals surface area contributed by atoms with Gasteiger partial charge in [-0.2, -0.15) is 0 Å². The fourth-order valence-corrected chi connectivity index (χ4v) is 2.73. The van der Waals surface area contributed by atoms with Gasteiger partial charge < -0.3 is 25.7 Å². The highest BCUT2D eigenvalue weighted by Gasteiger charge is 2.22. The zero-order chi connectivity index (χ0) is 21.8. The molecule has 0 aliphatic carbocycles. The van der Waals surface area contributed by atoms with Gasteiger partial charge in [0.2, 0.25) is 0 Å². The molecule has 1 heterocycles. The van der Waals surface area contributed by atoms with Crippen LogP contribution in [0.5, 0.6) is 5.75 Å². The number of nitrogens with one attached hydrogen (secondary N) is 2. The number of methoxy groups -OCH3 is 1. The summed E-state index contributed by atoms with van der Waals surface area (Å²) in [6.45, 7) is 0. The molecule has 0 unspecified atom stereocenters. The lowest BCUT2D eigenvalue weighted by atomic mass is 10.1. The number of rotatable bonds is 6. The molecule has 0 spiro atoms. The first-order valence-corrected chi connectivity index (χ1v) is 8.68. The Morgan fingerprint density at radius 2 is 1.87 bits per heavy atom. The van der Waals surface area contributed by atoms with Crippen molar-refractivity contribution in [3.63, 3.8) is 0 Å². The van der Waals surface area contributed by atoms with Crippen molar-refractivity contribution in [3.05, 3.63) is 71.6 Å². The van der Waals surface area contributed by atoms with E-state index in [-0.39, 0.29) is 22.7 Å². The van der Waals surface area contributed by atoms with Gasteiger partial charge in [-0.05, 0) is 36.4 Å². The number of benzene rings is 2. The number of anilines is 2. The van der Waals surface area contributed by atoms with Gasteiger partial charge in [0.25, 0.3) is 17.7 Å². The third kappa shape index (κ3) is 3.97. The fraction of sp³-hybridized carbons (Fsp3) is 0.100. The van der Waals surface area contributed by atoms with Crippen LogP contribution in [0.2, 0.25) is 0 Å². The number of hydrogen-bond acceptors (Lipinski definition) is 5. The number of halogens is 1. The fourth-order valence-electron chi connectivity index (χ4n) is 2.73. The molecule has 4 N–H and O–H groups in total. The topological polar surface area (TPSA) is 130 Å². The minimum Gasteiger partial charge on any atom is -0.494 e. The Bertz CT molecular complexity index is 1110. The highest BCUT2D eigenvalue weighted by atomic mass is 19.1. The normalized spacial score (nSPS) is 10.4. The second-order valence-electron chi connectivity index (χ2n) is 6.18. The molecule has 0 radical (unpaired) electrons. The van der Waals surface area contributed by atoms with Crippen molar-refractivity contribution in [3.8, 4) is 5.75 Å². The molecule has 0 saturated heterocycles. The predicted molar refractivity (Wildman–Crippen MR) is 107 cm³/mol. The summed E-state index contributed by atoms with van der Waals surface area (Å²) >= 11 is 0. The SMILES string of the molecule is COc1cccc(C(=O)Nc2ccc(N(C)C(=O)c3nc[nH]c3C(N)=O)cc2)c1F. The maximum Gasteiger partial charge on any atom is 0.279 e. The summed E-state index contributed by atoms with van der Waals surface area (Å²) in [6.07, 6.45) is 1.21. The van der Waals surface area contributed by atoms with E-state index in [2.05, 4.69) is 15.3 Å². The van der Waals surface area contributed by atoms with E-state index in [0.29, 0.717) is 11.4 Å².